The summed E-state index contributed by atoms with van der Waals surface area (Å²) >= 11 is 4.31. The summed E-state index contributed by atoms with van der Waals surface area (Å²) in [6, 6.07) is 22.8. The number of rotatable bonds is 5. The van der Waals surface area contributed by atoms with Crippen molar-refractivity contribution in [2.24, 2.45) is 0 Å². The Bertz CT molecular complexity index is 1190. The zero-order chi connectivity index (χ0) is 20.4. The van der Waals surface area contributed by atoms with Crippen molar-refractivity contribution in [1.29, 1.82) is 0 Å². The monoisotopic (exact) mass is 401 g/mol. The van der Waals surface area contributed by atoms with Crippen molar-refractivity contribution < 1.29 is 14.6 Å². The molecule has 5 heteroatoms. The van der Waals surface area contributed by atoms with Crippen LogP contribution < -0.4 is 4.74 Å². The number of carbonyl (C=O) groups is 1. The topological polar surface area (TPSA) is 59.4 Å². The van der Waals surface area contributed by atoms with Crippen LogP contribution in [0.1, 0.15) is 17.3 Å². The second-order valence-corrected chi connectivity index (χ2v) is 7.11. The van der Waals surface area contributed by atoms with Crippen LogP contribution in [0.4, 0.5) is 0 Å². The summed E-state index contributed by atoms with van der Waals surface area (Å²) in [5.74, 6) is -0.137. The van der Waals surface area contributed by atoms with Crippen LogP contribution in [-0.4, -0.2) is 22.7 Å². The third kappa shape index (κ3) is 3.96. The molecule has 0 aliphatic carbocycles. The van der Waals surface area contributed by atoms with Gasteiger partial charge in [-0.25, -0.2) is 9.78 Å². The fraction of sp³-hybridized carbons (Fsp3) is 0.0833. The molecule has 0 unspecified atom stereocenters. The minimum Gasteiger partial charge on any atom is -0.494 e. The number of nitrogens with zero attached hydrogens (tertiary/aromatic N) is 1. The maximum Gasteiger partial charge on any atom is 0.336 e. The lowest BCUT2D eigenvalue weighted by Crippen LogP contribution is -2.00. The van der Waals surface area contributed by atoms with Crippen LogP contribution in [-0.2, 0) is 0 Å². The molecule has 0 spiro atoms. The number of ether oxygens (including phenoxy) is 1. The number of thiol groups is 1. The number of carboxylic acids is 1. The van der Waals surface area contributed by atoms with Gasteiger partial charge < -0.3 is 9.84 Å². The van der Waals surface area contributed by atoms with Gasteiger partial charge >= 0.3 is 5.97 Å². The lowest BCUT2D eigenvalue weighted by atomic mass is 10.0. The van der Waals surface area contributed by atoms with Crippen LogP contribution in [0.25, 0.3) is 33.3 Å². The first kappa shape index (κ1) is 19.0. The van der Waals surface area contributed by atoms with Gasteiger partial charge in [-0.15, -0.1) is 12.6 Å². The molecule has 4 nitrogen and oxygen atoms in total. The Balaban J connectivity index is 1.71. The van der Waals surface area contributed by atoms with Gasteiger partial charge in [0, 0.05) is 15.8 Å². The van der Waals surface area contributed by atoms with E-state index in [9.17, 15) is 9.90 Å². The minimum atomic E-state index is -0.983. The van der Waals surface area contributed by atoms with E-state index >= 15 is 0 Å². The summed E-state index contributed by atoms with van der Waals surface area (Å²) in [7, 11) is 0. The first-order valence-electron chi connectivity index (χ1n) is 9.26. The fourth-order valence-corrected chi connectivity index (χ4v) is 3.49. The number of benzene rings is 3. The van der Waals surface area contributed by atoms with E-state index in [0.29, 0.717) is 28.1 Å². The van der Waals surface area contributed by atoms with Crippen molar-refractivity contribution in [2.45, 2.75) is 11.8 Å². The van der Waals surface area contributed by atoms with E-state index in [4.69, 9.17) is 4.74 Å². The molecule has 144 valence electrons. The largest absolute Gasteiger partial charge is 0.494 e. The Labute approximate surface area is 174 Å². The number of pyridine rings is 1. The normalized spacial score (nSPS) is 10.8. The molecule has 0 aliphatic heterocycles. The molecule has 4 rings (SSSR count). The van der Waals surface area contributed by atoms with Crippen molar-refractivity contribution in [2.75, 3.05) is 6.61 Å². The van der Waals surface area contributed by atoms with Crippen molar-refractivity contribution in [3.05, 3.63) is 78.4 Å². The Morgan fingerprint density at radius 3 is 2.17 bits per heavy atom. The molecule has 1 heterocycles. The van der Waals surface area contributed by atoms with Gasteiger partial charge in [0.1, 0.15) is 5.75 Å². The van der Waals surface area contributed by atoms with Crippen molar-refractivity contribution >= 4 is 29.5 Å². The number of aromatic carboxylic acids is 1. The molecule has 1 aromatic heterocycles. The summed E-state index contributed by atoms with van der Waals surface area (Å²) in [6.45, 7) is 2.60. The zero-order valence-electron chi connectivity index (χ0n) is 15.8. The number of carboxylic acid groups (broad SMARTS) is 1. The van der Waals surface area contributed by atoms with Crippen LogP contribution in [0.15, 0.2) is 77.7 Å². The van der Waals surface area contributed by atoms with Gasteiger partial charge in [0.2, 0.25) is 0 Å². The number of hydrogen-bond donors (Lipinski definition) is 2. The first-order chi connectivity index (χ1) is 14.0. The Kier molecular flexibility index (Phi) is 5.23. The maximum atomic E-state index is 11.8. The van der Waals surface area contributed by atoms with E-state index < -0.39 is 5.97 Å². The SMILES string of the molecule is CCOc1ccc(-c2ccc(-c3cc(C(=O)O)c4cc(S)ccc4n3)cc2)cc1. The molecular weight excluding hydrogens is 382 g/mol. The highest BCUT2D eigenvalue weighted by Gasteiger charge is 2.13. The highest BCUT2D eigenvalue weighted by molar-refractivity contribution is 7.80. The molecule has 1 N–H and O–H groups in total. The van der Waals surface area contributed by atoms with Gasteiger partial charge in [-0.2, -0.15) is 0 Å². The van der Waals surface area contributed by atoms with Gasteiger partial charge in [-0.3, -0.25) is 0 Å². The number of fused-ring (bicyclic) bond motifs is 1. The van der Waals surface area contributed by atoms with E-state index in [0.717, 1.165) is 22.4 Å². The lowest BCUT2D eigenvalue weighted by molar-refractivity contribution is 0.0699. The Morgan fingerprint density at radius 2 is 1.55 bits per heavy atom. The average Bonchev–Trinajstić information content (AvgIpc) is 2.74. The van der Waals surface area contributed by atoms with E-state index in [1.807, 2.05) is 61.5 Å². The summed E-state index contributed by atoms with van der Waals surface area (Å²) < 4.78 is 5.49. The van der Waals surface area contributed by atoms with E-state index in [-0.39, 0.29) is 5.56 Å². The molecule has 0 aliphatic rings. The molecule has 0 bridgehead atoms. The van der Waals surface area contributed by atoms with Crippen LogP contribution >= 0.6 is 12.6 Å². The van der Waals surface area contributed by atoms with Gasteiger partial charge in [-0.1, -0.05) is 36.4 Å². The zero-order valence-corrected chi connectivity index (χ0v) is 16.7. The maximum absolute atomic E-state index is 11.8. The molecule has 0 radical (unpaired) electrons. The fourth-order valence-electron chi connectivity index (χ4n) is 3.28. The van der Waals surface area contributed by atoms with Gasteiger partial charge in [0.25, 0.3) is 0 Å². The molecule has 3 aromatic carbocycles. The van der Waals surface area contributed by atoms with Crippen molar-refractivity contribution in [3.8, 4) is 28.1 Å². The number of aromatic nitrogens is 1. The molecule has 4 aromatic rings. The minimum absolute atomic E-state index is 0.219. The first-order valence-corrected chi connectivity index (χ1v) is 9.70. The third-order valence-corrected chi connectivity index (χ3v) is 4.98. The predicted molar refractivity (Wildman–Crippen MR) is 118 cm³/mol. The molecule has 0 amide bonds. The summed E-state index contributed by atoms with van der Waals surface area (Å²) in [6.07, 6.45) is 0. The third-order valence-electron chi connectivity index (χ3n) is 4.70. The highest BCUT2D eigenvalue weighted by Crippen LogP contribution is 2.29. The Hall–Kier alpha value is -3.31. The lowest BCUT2D eigenvalue weighted by Gasteiger charge is -2.09. The quantitative estimate of drug-likeness (QED) is 0.406. The molecule has 0 atom stereocenters. The van der Waals surface area contributed by atoms with Crippen molar-refractivity contribution in [3.63, 3.8) is 0 Å². The number of hydrogen-bond acceptors (Lipinski definition) is 4. The molecule has 0 saturated carbocycles. The average molecular weight is 401 g/mol. The van der Waals surface area contributed by atoms with E-state index in [1.165, 1.54) is 0 Å². The smallest absolute Gasteiger partial charge is 0.336 e. The van der Waals surface area contributed by atoms with E-state index in [1.54, 1.807) is 18.2 Å². The van der Waals surface area contributed by atoms with Crippen LogP contribution in [0, 0.1) is 0 Å². The van der Waals surface area contributed by atoms with Crippen LogP contribution in [0.3, 0.4) is 0 Å². The molecular formula is C24H19NO3S. The van der Waals surface area contributed by atoms with Crippen LogP contribution in [0.5, 0.6) is 5.75 Å². The summed E-state index contributed by atoms with van der Waals surface area (Å²) in [4.78, 5) is 17.1. The second kappa shape index (κ2) is 7.97. The van der Waals surface area contributed by atoms with E-state index in [2.05, 4.69) is 17.6 Å². The molecule has 0 saturated heterocycles. The highest BCUT2D eigenvalue weighted by atomic mass is 32.1. The second-order valence-electron chi connectivity index (χ2n) is 6.60. The van der Waals surface area contributed by atoms with Crippen molar-refractivity contribution in [1.82, 2.24) is 4.98 Å². The van der Waals surface area contributed by atoms with Gasteiger partial charge in [0.15, 0.2) is 0 Å². The predicted octanol–water partition coefficient (Wildman–Crippen LogP) is 5.95. The Morgan fingerprint density at radius 1 is 0.931 bits per heavy atom. The van der Waals surface area contributed by atoms with Gasteiger partial charge in [0.05, 0.1) is 23.4 Å². The summed E-state index contributed by atoms with van der Waals surface area (Å²) in [5, 5.41) is 10.2. The standard InChI is InChI=1S/C24H19NO3S/c1-2-28-18-9-7-16(8-10-18)15-3-5-17(6-4-15)23-14-21(24(26)27)20-13-19(29)11-12-22(20)25-23/h3-14,29H,2H2,1H3,(H,26,27). The summed E-state index contributed by atoms with van der Waals surface area (Å²) in [5.41, 5.74) is 4.48. The van der Waals surface area contributed by atoms with Gasteiger partial charge in [-0.05, 0) is 54.4 Å². The molecule has 29 heavy (non-hydrogen) atoms. The van der Waals surface area contributed by atoms with Crippen LogP contribution in [0.2, 0.25) is 0 Å². The molecule has 0 fully saturated rings.